The summed E-state index contributed by atoms with van der Waals surface area (Å²) in [5.74, 6) is 5.76. The number of hydrogen-bond donors (Lipinski definition) is 0. The van der Waals surface area contributed by atoms with Crippen molar-refractivity contribution < 1.29 is 13.3 Å². The Labute approximate surface area is 809 Å². The highest BCUT2D eigenvalue weighted by atomic mass is 16.3. The molecule has 0 atom stereocenters. The van der Waals surface area contributed by atoms with Crippen LogP contribution in [0.3, 0.4) is 0 Å². The molecular formula is C129H79N9O3. The van der Waals surface area contributed by atoms with Gasteiger partial charge in [0.1, 0.15) is 33.5 Å². The van der Waals surface area contributed by atoms with Gasteiger partial charge >= 0.3 is 0 Å². The molecule has 12 nitrogen and oxygen atoms in total. The first kappa shape index (κ1) is 82.5. The minimum absolute atomic E-state index is 0.635. The highest BCUT2D eigenvalue weighted by molar-refractivity contribution is 6.17. The van der Waals surface area contributed by atoms with Crippen molar-refractivity contribution in [1.29, 1.82) is 0 Å². The van der Waals surface area contributed by atoms with Crippen molar-refractivity contribution in [3.05, 3.63) is 479 Å². The Morgan fingerprint density at radius 3 is 0.660 bits per heavy atom. The average molecular weight is 1800 g/mol. The zero-order valence-corrected chi connectivity index (χ0v) is 75.9. The summed E-state index contributed by atoms with van der Waals surface area (Å²) in [6.07, 6.45) is 0. The lowest BCUT2D eigenvalue weighted by atomic mass is 9.95. The molecule has 0 aliphatic rings. The maximum Gasteiger partial charge on any atom is 0.164 e. The van der Waals surface area contributed by atoms with Crippen molar-refractivity contribution >= 4 is 130 Å². The monoisotopic (exact) mass is 1800 g/mol. The van der Waals surface area contributed by atoms with E-state index >= 15 is 0 Å². The molecule has 0 amide bonds. The van der Waals surface area contributed by atoms with Crippen LogP contribution in [0.5, 0.6) is 0 Å². The maximum absolute atomic E-state index is 6.23. The van der Waals surface area contributed by atoms with Crippen molar-refractivity contribution in [3.63, 3.8) is 0 Å². The van der Waals surface area contributed by atoms with E-state index in [1.807, 2.05) is 121 Å². The van der Waals surface area contributed by atoms with Crippen LogP contribution in [0.4, 0.5) is 0 Å². The Hall–Kier alpha value is -19.2. The number of furan rings is 3. The molecule has 141 heavy (non-hydrogen) atoms. The fourth-order valence-electron chi connectivity index (χ4n) is 19.8. The summed E-state index contributed by atoms with van der Waals surface area (Å²) in [4.78, 5) is 45.7. The number of nitrogens with zero attached hydrogens (tertiary/aromatic N) is 9. The lowest BCUT2D eigenvalue weighted by Crippen LogP contribution is -2.00. The van der Waals surface area contributed by atoms with E-state index in [1.54, 1.807) is 0 Å². The zero-order valence-electron chi connectivity index (χ0n) is 75.9. The molecule has 658 valence electrons. The summed E-state index contributed by atoms with van der Waals surface area (Å²) in [5.41, 5.74) is 22.9. The number of hydrogen-bond acceptors (Lipinski definition) is 12. The minimum atomic E-state index is 0.635. The van der Waals surface area contributed by atoms with Gasteiger partial charge < -0.3 is 13.3 Å². The Morgan fingerprint density at radius 1 is 0.113 bits per heavy atom. The highest BCUT2D eigenvalue weighted by Crippen LogP contribution is 2.46. The summed E-state index contributed by atoms with van der Waals surface area (Å²) in [5, 5.41) is 20.2. The van der Waals surface area contributed by atoms with Gasteiger partial charge in [-0.15, -0.1) is 0 Å². The Kier molecular flexibility index (Phi) is 20.6. The smallest absolute Gasteiger partial charge is 0.164 e. The third-order valence-corrected chi connectivity index (χ3v) is 26.8. The van der Waals surface area contributed by atoms with E-state index in [2.05, 4.69) is 358 Å². The number of benzene rings is 22. The molecule has 0 radical (unpaired) electrons. The van der Waals surface area contributed by atoms with Gasteiger partial charge in [0.2, 0.25) is 0 Å². The second-order valence-corrected chi connectivity index (χ2v) is 35.3. The van der Waals surface area contributed by atoms with Crippen molar-refractivity contribution in [2.45, 2.75) is 0 Å². The van der Waals surface area contributed by atoms with Crippen LogP contribution in [0.2, 0.25) is 0 Å². The van der Waals surface area contributed by atoms with E-state index < -0.39 is 0 Å². The predicted octanol–water partition coefficient (Wildman–Crippen LogP) is 33.9. The van der Waals surface area contributed by atoms with Gasteiger partial charge in [0.25, 0.3) is 0 Å². The molecule has 0 fully saturated rings. The van der Waals surface area contributed by atoms with Crippen LogP contribution in [-0.4, -0.2) is 44.9 Å². The molecule has 0 aliphatic heterocycles. The first-order valence-corrected chi connectivity index (χ1v) is 47.2. The van der Waals surface area contributed by atoms with E-state index in [0.717, 1.165) is 203 Å². The summed E-state index contributed by atoms with van der Waals surface area (Å²) in [6, 6.07) is 166. The molecule has 28 aromatic rings. The fourth-order valence-corrected chi connectivity index (χ4v) is 19.8. The average Bonchev–Trinajstić information content (AvgIpc) is 1.63. The zero-order chi connectivity index (χ0) is 93.2. The normalized spacial score (nSPS) is 11.5. The van der Waals surface area contributed by atoms with Crippen LogP contribution in [-0.2, 0) is 0 Å². The van der Waals surface area contributed by atoms with Crippen LogP contribution in [0.15, 0.2) is 492 Å². The SMILES string of the molecule is c1ccc(-c2ccc(-c3nc(-c4ccccc4)nc(-c4cccc5ccc(-c6cccc7oc8ccccc8c67)cc45)n3)cc2)cc1.c1ccc(-c2nc(-c3ccc4ccccc4c3)nc(-c3cccc4ccc(-c5cccc6oc7ccccc7c56)cc34)n2)cc1.c1ccc2cc(-c3nc(-c4ccc5ccccc5c4)nc(-c4cccc5ccc(-c6cccc7oc8ccccc8c67)cc45)n3)ccc2c1. The largest absolute Gasteiger partial charge is 0.456 e. The van der Waals surface area contributed by atoms with Crippen LogP contribution >= 0.6 is 0 Å². The lowest BCUT2D eigenvalue weighted by Gasteiger charge is -2.12. The van der Waals surface area contributed by atoms with E-state index in [1.165, 1.54) is 21.7 Å². The van der Waals surface area contributed by atoms with Crippen molar-refractivity contribution in [3.8, 4) is 147 Å². The third kappa shape index (κ3) is 15.6. The number of fused-ring (bicyclic) bond motifs is 15. The standard InChI is InChI=1S/C45H27N3O.C43H27N3O.C41H25N3O/c1-3-11-31-25-34(23-19-28(31)9-1)43-46-44(35-24-20-29-10-2-4-12-32(29)26-35)48-45(47-43)37-16-7-13-30-21-22-33(27-39(30)37)36-15-8-18-41-42(36)38-14-5-6-17-40(38)49-41;1-3-11-28(12-4-1)29-21-24-32(25-22-29)42-44-41(31-13-5-2-6-14-31)45-43(46-42)35-18-9-15-30-23-26-33(27-37(30)35)34-17-10-20-39-40(34)36-16-7-8-19-38(36)47-39;1-2-11-28(12-3-1)39-42-40(31-23-20-26-10-4-5-13-29(26)24-31)44-41(43-39)33-17-8-14-27-21-22-30(25-35(27)33)32-16-9-19-37-38(32)34-15-6-7-18-36(34)45-37/h1-27H;1-27H;1-25H. The van der Waals surface area contributed by atoms with Gasteiger partial charge in [-0.1, -0.05) is 406 Å². The van der Waals surface area contributed by atoms with Gasteiger partial charge in [0, 0.05) is 82.4 Å². The topological polar surface area (TPSA) is 155 Å². The molecule has 0 saturated carbocycles. The second kappa shape index (κ2) is 35.3. The number of rotatable bonds is 13. The maximum atomic E-state index is 6.23. The van der Waals surface area contributed by atoms with Gasteiger partial charge in [-0.3, -0.25) is 0 Å². The molecular weight excluding hydrogens is 1720 g/mol. The number of para-hydroxylation sites is 3. The van der Waals surface area contributed by atoms with Gasteiger partial charge in [-0.25, -0.2) is 44.9 Å². The van der Waals surface area contributed by atoms with Crippen LogP contribution < -0.4 is 0 Å². The lowest BCUT2D eigenvalue weighted by molar-refractivity contribution is 0.668. The molecule has 0 spiro atoms. The first-order chi connectivity index (χ1) is 69.8. The molecule has 22 aromatic carbocycles. The quantitative estimate of drug-likeness (QED) is 0.108. The summed E-state index contributed by atoms with van der Waals surface area (Å²) >= 11 is 0. The van der Waals surface area contributed by atoms with Crippen LogP contribution in [0.1, 0.15) is 0 Å². The third-order valence-electron chi connectivity index (χ3n) is 26.8. The van der Waals surface area contributed by atoms with Crippen molar-refractivity contribution in [2.24, 2.45) is 0 Å². The van der Waals surface area contributed by atoms with Gasteiger partial charge in [-0.2, -0.15) is 0 Å². The Balaban J connectivity index is 0.000000109. The second-order valence-electron chi connectivity index (χ2n) is 35.3. The van der Waals surface area contributed by atoms with E-state index in [4.69, 9.17) is 58.1 Å². The van der Waals surface area contributed by atoms with Crippen LogP contribution in [0.25, 0.3) is 277 Å². The molecule has 0 saturated heterocycles. The van der Waals surface area contributed by atoms with Crippen molar-refractivity contribution in [2.75, 3.05) is 0 Å². The number of aromatic nitrogens is 9. The van der Waals surface area contributed by atoms with Gasteiger partial charge in [-0.05, 0) is 182 Å². The Bertz CT molecular complexity index is 9690. The summed E-state index contributed by atoms with van der Waals surface area (Å²) in [7, 11) is 0. The van der Waals surface area contributed by atoms with Crippen LogP contribution in [0, 0.1) is 0 Å². The van der Waals surface area contributed by atoms with E-state index in [-0.39, 0.29) is 0 Å². The molecule has 6 aromatic heterocycles. The summed E-state index contributed by atoms with van der Waals surface area (Å²) < 4.78 is 18.6. The molecule has 0 aliphatic carbocycles. The molecule has 0 bridgehead atoms. The molecule has 12 heteroatoms. The van der Waals surface area contributed by atoms with E-state index in [9.17, 15) is 0 Å². The fraction of sp³-hybridized carbons (Fsp3) is 0. The first-order valence-electron chi connectivity index (χ1n) is 47.2. The minimum Gasteiger partial charge on any atom is -0.456 e. The molecule has 28 rings (SSSR count). The van der Waals surface area contributed by atoms with Crippen molar-refractivity contribution in [1.82, 2.24) is 44.9 Å². The highest BCUT2D eigenvalue weighted by Gasteiger charge is 2.24. The summed E-state index contributed by atoms with van der Waals surface area (Å²) in [6.45, 7) is 0. The van der Waals surface area contributed by atoms with Gasteiger partial charge in [0.15, 0.2) is 52.4 Å². The predicted molar refractivity (Wildman–Crippen MR) is 577 cm³/mol. The molecule has 0 unspecified atom stereocenters. The Morgan fingerprint density at radius 2 is 0.326 bits per heavy atom. The van der Waals surface area contributed by atoms with Gasteiger partial charge in [0.05, 0.1) is 0 Å². The molecule has 6 heterocycles. The van der Waals surface area contributed by atoms with E-state index in [0.29, 0.717) is 52.4 Å². The molecule has 0 N–H and O–H groups in total.